The summed E-state index contributed by atoms with van der Waals surface area (Å²) >= 11 is 1.40. The minimum absolute atomic E-state index is 0.00323. The highest BCUT2D eigenvalue weighted by atomic mass is 32.2. The van der Waals surface area contributed by atoms with Gasteiger partial charge in [-0.1, -0.05) is 72.4 Å². The molecule has 0 radical (unpaired) electrons. The number of hydrogen-bond acceptors (Lipinski definition) is 3. The van der Waals surface area contributed by atoms with Gasteiger partial charge in [0.1, 0.15) is 0 Å². The highest BCUT2D eigenvalue weighted by Crippen LogP contribution is 2.20. The van der Waals surface area contributed by atoms with Gasteiger partial charge in [0.15, 0.2) is 5.16 Å². The lowest BCUT2D eigenvalue weighted by Gasteiger charge is -2.04. The first-order valence-corrected chi connectivity index (χ1v) is 8.34. The van der Waals surface area contributed by atoms with Gasteiger partial charge in [0.2, 0.25) is 5.91 Å². The number of amides is 1. The molecule has 0 aliphatic rings. The second-order valence-electron chi connectivity index (χ2n) is 5.02. The molecular weight excluding hydrogens is 306 g/mol. The number of carbonyl (C=O) groups is 1. The van der Waals surface area contributed by atoms with Crippen LogP contribution in [0, 0.1) is 0 Å². The Morgan fingerprint density at radius 1 is 1.04 bits per heavy atom. The molecule has 0 unspecified atom stereocenters. The van der Waals surface area contributed by atoms with E-state index in [0.29, 0.717) is 12.3 Å². The summed E-state index contributed by atoms with van der Waals surface area (Å²) in [6.45, 7) is 0.549. The fourth-order valence-corrected chi connectivity index (χ4v) is 2.80. The zero-order chi connectivity index (χ0) is 15.9. The van der Waals surface area contributed by atoms with Crippen LogP contribution >= 0.6 is 11.8 Å². The average molecular weight is 323 g/mol. The first-order chi connectivity index (χ1) is 11.3. The average Bonchev–Trinajstić information content (AvgIpc) is 3.09. The summed E-state index contributed by atoms with van der Waals surface area (Å²) in [6, 6.07) is 19.9. The molecule has 0 saturated carbocycles. The third-order valence-electron chi connectivity index (χ3n) is 3.31. The number of carbonyl (C=O) groups excluding carboxylic acids is 1. The molecule has 23 heavy (non-hydrogen) atoms. The number of rotatable bonds is 6. The molecule has 116 valence electrons. The highest BCUT2D eigenvalue weighted by molar-refractivity contribution is 7.99. The molecule has 2 N–H and O–H groups in total. The molecule has 1 heterocycles. The van der Waals surface area contributed by atoms with Crippen LogP contribution in [0.25, 0.3) is 11.3 Å². The van der Waals surface area contributed by atoms with Crippen molar-refractivity contribution in [2.45, 2.75) is 11.7 Å². The number of nitrogens with zero attached hydrogens (tertiary/aromatic N) is 1. The number of benzene rings is 2. The van der Waals surface area contributed by atoms with Gasteiger partial charge in [-0.05, 0) is 11.1 Å². The van der Waals surface area contributed by atoms with Gasteiger partial charge in [0.05, 0.1) is 17.6 Å². The van der Waals surface area contributed by atoms with E-state index >= 15 is 0 Å². The normalized spacial score (nSPS) is 10.4. The summed E-state index contributed by atoms with van der Waals surface area (Å²) in [7, 11) is 0. The Morgan fingerprint density at radius 3 is 2.48 bits per heavy atom. The van der Waals surface area contributed by atoms with E-state index in [0.717, 1.165) is 22.0 Å². The molecule has 5 heteroatoms. The number of thioether (sulfide) groups is 1. The van der Waals surface area contributed by atoms with Gasteiger partial charge in [0.25, 0.3) is 0 Å². The van der Waals surface area contributed by atoms with Crippen LogP contribution in [0.15, 0.2) is 72.0 Å². The molecule has 2 aromatic carbocycles. The van der Waals surface area contributed by atoms with Crippen molar-refractivity contribution in [3.05, 3.63) is 72.4 Å². The predicted molar refractivity (Wildman–Crippen MR) is 93.0 cm³/mol. The van der Waals surface area contributed by atoms with Crippen molar-refractivity contribution >= 4 is 17.7 Å². The second-order valence-corrected chi connectivity index (χ2v) is 5.98. The molecule has 0 bridgehead atoms. The Morgan fingerprint density at radius 2 is 1.74 bits per heavy atom. The van der Waals surface area contributed by atoms with Crippen molar-refractivity contribution in [3.63, 3.8) is 0 Å². The summed E-state index contributed by atoms with van der Waals surface area (Å²) in [6.07, 6.45) is 1.79. The fraction of sp³-hybridized carbons (Fsp3) is 0.111. The summed E-state index contributed by atoms with van der Waals surface area (Å²) < 4.78 is 0. The maximum absolute atomic E-state index is 11.9. The molecule has 4 nitrogen and oxygen atoms in total. The number of imidazole rings is 1. The lowest BCUT2D eigenvalue weighted by atomic mass is 10.2. The van der Waals surface area contributed by atoms with Crippen LogP contribution in [0.2, 0.25) is 0 Å². The topological polar surface area (TPSA) is 57.8 Å². The molecule has 1 aromatic heterocycles. The van der Waals surface area contributed by atoms with Crippen LogP contribution in [-0.2, 0) is 11.3 Å². The van der Waals surface area contributed by atoms with Gasteiger partial charge in [0, 0.05) is 6.54 Å². The standard InChI is InChI=1S/C18H17N3OS/c22-17(19-11-14-7-3-1-4-8-14)13-23-18-20-12-16(21-18)15-9-5-2-6-10-15/h1-10,12H,11,13H2,(H,19,22)(H,20,21). The maximum atomic E-state index is 11.9. The zero-order valence-corrected chi connectivity index (χ0v) is 13.3. The zero-order valence-electron chi connectivity index (χ0n) is 12.5. The van der Waals surface area contributed by atoms with Gasteiger partial charge in [-0.3, -0.25) is 4.79 Å². The van der Waals surface area contributed by atoms with E-state index in [4.69, 9.17) is 0 Å². The largest absolute Gasteiger partial charge is 0.351 e. The van der Waals surface area contributed by atoms with Crippen molar-refractivity contribution in [1.82, 2.24) is 15.3 Å². The van der Waals surface area contributed by atoms with Gasteiger partial charge < -0.3 is 10.3 Å². The van der Waals surface area contributed by atoms with Crippen molar-refractivity contribution in [2.24, 2.45) is 0 Å². The molecule has 1 amide bonds. The minimum atomic E-state index is -0.00323. The first-order valence-electron chi connectivity index (χ1n) is 7.35. The van der Waals surface area contributed by atoms with Crippen LogP contribution in [0.3, 0.4) is 0 Å². The summed E-state index contributed by atoms with van der Waals surface area (Å²) in [5, 5.41) is 3.66. The molecule has 3 rings (SSSR count). The molecule has 0 aliphatic heterocycles. The third-order valence-corrected chi connectivity index (χ3v) is 4.20. The number of aromatic nitrogens is 2. The van der Waals surface area contributed by atoms with E-state index in [-0.39, 0.29) is 5.91 Å². The molecule has 0 spiro atoms. The summed E-state index contributed by atoms with van der Waals surface area (Å²) in [4.78, 5) is 19.4. The monoisotopic (exact) mass is 323 g/mol. The van der Waals surface area contributed by atoms with Crippen LogP contribution < -0.4 is 5.32 Å². The van der Waals surface area contributed by atoms with Gasteiger partial charge in [-0.25, -0.2) is 4.98 Å². The fourth-order valence-electron chi connectivity index (χ4n) is 2.12. The molecule has 0 aliphatic carbocycles. The Labute approximate surface area is 139 Å². The number of hydrogen-bond donors (Lipinski definition) is 2. The molecule has 0 fully saturated rings. The van der Waals surface area contributed by atoms with E-state index in [1.54, 1.807) is 6.20 Å². The van der Waals surface area contributed by atoms with Gasteiger partial charge in [-0.2, -0.15) is 0 Å². The summed E-state index contributed by atoms with van der Waals surface area (Å²) in [5.41, 5.74) is 3.13. The van der Waals surface area contributed by atoms with E-state index in [9.17, 15) is 4.79 Å². The third kappa shape index (κ3) is 4.47. The molecule has 3 aromatic rings. The lowest BCUT2D eigenvalue weighted by molar-refractivity contribution is -0.118. The van der Waals surface area contributed by atoms with Crippen LogP contribution in [0.4, 0.5) is 0 Å². The number of aromatic amines is 1. The highest BCUT2D eigenvalue weighted by Gasteiger charge is 2.07. The Balaban J connectivity index is 1.49. The van der Waals surface area contributed by atoms with E-state index in [2.05, 4.69) is 15.3 Å². The van der Waals surface area contributed by atoms with E-state index in [1.165, 1.54) is 11.8 Å². The first kappa shape index (κ1) is 15.4. The van der Waals surface area contributed by atoms with Crippen LogP contribution in [-0.4, -0.2) is 21.6 Å². The Hall–Kier alpha value is -2.53. The quantitative estimate of drug-likeness (QED) is 0.683. The summed E-state index contributed by atoms with van der Waals surface area (Å²) in [5.74, 6) is 0.339. The van der Waals surface area contributed by atoms with Gasteiger partial charge in [-0.15, -0.1) is 0 Å². The maximum Gasteiger partial charge on any atom is 0.230 e. The predicted octanol–water partition coefficient (Wildman–Crippen LogP) is 3.49. The van der Waals surface area contributed by atoms with E-state index < -0.39 is 0 Å². The molecular formula is C18H17N3OS. The van der Waals surface area contributed by atoms with Gasteiger partial charge >= 0.3 is 0 Å². The van der Waals surface area contributed by atoms with Crippen molar-refractivity contribution in [1.29, 1.82) is 0 Å². The number of nitrogens with one attached hydrogen (secondary N) is 2. The number of H-pyrrole nitrogens is 1. The van der Waals surface area contributed by atoms with Crippen molar-refractivity contribution in [3.8, 4) is 11.3 Å². The van der Waals surface area contributed by atoms with Crippen LogP contribution in [0.1, 0.15) is 5.56 Å². The Kier molecular flexibility index (Phi) is 5.11. The minimum Gasteiger partial charge on any atom is -0.351 e. The van der Waals surface area contributed by atoms with E-state index in [1.807, 2.05) is 60.7 Å². The molecule has 0 atom stereocenters. The Bertz CT molecular complexity index is 756. The SMILES string of the molecule is O=C(CSc1ncc(-c2ccccc2)[nH]1)NCc1ccccc1. The second kappa shape index (κ2) is 7.65. The van der Waals surface area contributed by atoms with Crippen LogP contribution in [0.5, 0.6) is 0 Å². The van der Waals surface area contributed by atoms with Crippen molar-refractivity contribution < 1.29 is 4.79 Å². The molecule has 0 saturated heterocycles. The smallest absolute Gasteiger partial charge is 0.230 e. The van der Waals surface area contributed by atoms with Crippen molar-refractivity contribution in [2.75, 3.05) is 5.75 Å². The lowest BCUT2D eigenvalue weighted by Crippen LogP contribution is -2.24.